The van der Waals surface area contributed by atoms with Crippen LogP contribution in [0.25, 0.3) is 0 Å². The van der Waals surface area contributed by atoms with Crippen molar-refractivity contribution in [2.24, 2.45) is 0 Å². The molecule has 0 unspecified atom stereocenters. The van der Waals surface area contributed by atoms with Crippen LogP contribution in [-0.4, -0.2) is 33.3 Å². The summed E-state index contributed by atoms with van der Waals surface area (Å²) < 4.78 is 18.3. The van der Waals surface area contributed by atoms with Gasteiger partial charge in [-0.1, -0.05) is 11.6 Å². The Bertz CT molecular complexity index is 1030. The third-order valence-corrected chi connectivity index (χ3v) is 3.89. The number of ether oxygens (including phenoxy) is 1. The van der Waals surface area contributed by atoms with Crippen LogP contribution in [0, 0.1) is 17.1 Å². The number of halogens is 2. The van der Waals surface area contributed by atoms with Crippen molar-refractivity contribution in [2.45, 2.75) is 6.54 Å². The van der Waals surface area contributed by atoms with Crippen LogP contribution in [0.1, 0.15) is 11.4 Å². The molecule has 2 N–H and O–H groups in total. The van der Waals surface area contributed by atoms with Crippen LogP contribution < -0.4 is 15.0 Å². The van der Waals surface area contributed by atoms with Gasteiger partial charge in [-0.25, -0.2) is 19.2 Å². The molecule has 0 saturated carbocycles. The number of nitrogens with one attached hydrogen (secondary N) is 2. The van der Waals surface area contributed by atoms with E-state index in [1.807, 2.05) is 6.07 Å². The van der Waals surface area contributed by atoms with Gasteiger partial charge in [0.2, 0.25) is 0 Å². The van der Waals surface area contributed by atoms with Crippen LogP contribution in [0.5, 0.6) is 6.01 Å². The minimum atomic E-state index is -0.597. The lowest BCUT2D eigenvalue weighted by Crippen LogP contribution is -2.34. The Morgan fingerprint density at radius 1 is 1.39 bits per heavy atom. The number of nitriles is 1. The first-order valence-electron chi connectivity index (χ1n) is 7.84. The fraction of sp³-hybridized carbons (Fsp3) is 0.118. The summed E-state index contributed by atoms with van der Waals surface area (Å²) in [6, 6.07) is 6.84. The lowest BCUT2D eigenvalue weighted by molar-refractivity contribution is 0.256. The third-order valence-electron chi connectivity index (χ3n) is 3.60. The average molecular weight is 402 g/mol. The molecule has 2 heterocycles. The van der Waals surface area contributed by atoms with Gasteiger partial charge in [0.25, 0.3) is 0 Å². The molecule has 0 saturated heterocycles. The number of hydrogen-bond acceptors (Lipinski definition) is 6. The maximum atomic E-state index is 13.3. The van der Waals surface area contributed by atoms with E-state index >= 15 is 0 Å². The number of methoxy groups -OCH3 is 1. The van der Waals surface area contributed by atoms with Crippen molar-refractivity contribution in [3.63, 3.8) is 0 Å². The number of carbonyl (C=O) groups is 1. The van der Waals surface area contributed by atoms with Crippen LogP contribution in [0.15, 0.2) is 36.7 Å². The Kier molecular flexibility index (Phi) is 5.67. The molecule has 1 aromatic carbocycles. The van der Waals surface area contributed by atoms with Gasteiger partial charge in [-0.05, 0) is 24.3 Å². The highest BCUT2D eigenvalue weighted by atomic mass is 35.5. The molecule has 3 rings (SSSR count). The van der Waals surface area contributed by atoms with Crippen LogP contribution in [0.3, 0.4) is 0 Å². The minimum absolute atomic E-state index is 0.0224. The van der Waals surface area contributed by atoms with E-state index in [9.17, 15) is 9.18 Å². The summed E-state index contributed by atoms with van der Waals surface area (Å²) in [5, 5.41) is 18.0. The zero-order valence-corrected chi connectivity index (χ0v) is 15.2. The van der Waals surface area contributed by atoms with Crippen LogP contribution >= 0.6 is 11.6 Å². The van der Waals surface area contributed by atoms with E-state index in [0.717, 1.165) is 6.07 Å². The van der Waals surface area contributed by atoms with Crippen molar-refractivity contribution in [2.75, 3.05) is 17.3 Å². The number of anilines is 2. The molecular weight excluding hydrogens is 389 g/mol. The highest BCUT2D eigenvalue weighted by molar-refractivity contribution is 6.31. The number of urea groups is 1. The summed E-state index contributed by atoms with van der Waals surface area (Å²) in [7, 11) is 1.42. The molecule has 0 aliphatic rings. The molecule has 3 aromatic rings. The van der Waals surface area contributed by atoms with Crippen molar-refractivity contribution < 1.29 is 13.9 Å². The largest absolute Gasteiger partial charge is 0.467 e. The Balaban J connectivity index is 1.88. The average Bonchev–Trinajstić information content (AvgIpc) is 3.17. The fourth-order valence-electron chi connectivity index (χ4n) is 2.26. The number of aromatic amines is 1. The van der Waals surface area contributed by atoms with Gasteiger partial charge in [0.1, 0.15) is 17.6 Å². The van der Waals surface area contributed by atoms with E-state index < -0.39 is 11.8 Å². The smallest absolute Gasteiger partial charge is 0.326 e. The Morgan fingerprint density at radius 3 is 2.75 bits per heavy atom. The number of amides is 2. The highest BCUT2D eigenvalue weighted by Crippen LogP contribution is 2.22. The fourth-order valence-corrected chi connectivity index (χ4v) is 2.44. The first kappa shape index (κ1) is 19.1. The normalized spacial score (nSPS) is 10.2. The number of nitrogens with zero attached hydrogens (tertiary/aromatic N) is 5. The molecule has 142 valence electrons. The zero-order chi connectivity index (χ0) is 20.1. The monoisotopic (exact) mass is 401 g/mol. The van der Waals surface area contributed by atoms with Crippen molar-refractivity contribution in [3.05, 3.63) is 58.9 Å². The standard InChI is InChI=1S/C17H13ClFN7O2/c1-28-16-21-7-13(8-22-16)26(9-12-4-11(6-20)24-25-12)17(27)23-10-2-3-15(19)14(18)5-10/h2-5,7-8H,9H2,1H3,(H,23,27)(H,24,25). The van der Waals surface area contributed by atoms with Crippen LogP contribution in [0.2, 0.25) is 5.02 Å². The van der Waals surface area contributed by atoms with Crippen molar-refractivity contribution in [3.8, 4) is 12.1 Å². The Hall–Kier alpha value is -3.71. The second-order valence-electron chi connectivity index (χ2n) is 5.46. The van der Waals surface area contributed by atoms with Crippen molar-refractivity contribution >= 4 is 29.0 Å². The molecule has 0 radical (unpaired) electrons. The van der Waals surface area contributed by atoms with Gasteiger partial charge >= 0.3 is 12.0 Å². The summed E-state index contributed by atoms with van der Waals surface area (Å²) in [5.41, 5.74) is 1.36. The molecule has 0 aliphatic carbocycles. The SMILES string of the molecule is COc1ncc(N(Cc2cc(C#N)[nH]n2)C(=O)Nc2ccc(F)c(Cl)c2)cn1. The quantitative estimate of drug-likeness (QED) is 0.677. The molecule has 11 heteroatoms. The van der Waals surface area contributed by atoms with E-state index in [1.54, 1.807) is 0 Å². The number of benzene rings is 1. The molecular formula is C17H13ClFN7O2. The van der Waals surface area contributed by atoms with Crippen LogP contribution in [0.4, 0.5) is 20.6 Å². The van der Waals surface area contributed by atoms with E-state index in [2.05, 4.69) is 25.5 Å². The number of aromatic nitrogens is 4. The topological polar surface area (TPSA) is 120 Å². The summed E-state index contributed by atoms with van der Waals surface area (Å²) in [6.45, 7) is 0.0224. The molecule has 2 aromatic heterocycles. The Morgan fingerprint density at radius 2 is 2.14 bits per heavy atom. The maximum Gasteiger partial charge on any atom is 0.326 e. The van der Waals surface area contributed by atoms with Crippen molar-refractivity contribution in [1.82, 2.24) is 20.2 Å². The summed E-state index contributed by atoms with van der Waals surface area (Å²) in [6.07, 6.45) is 2.81. The number of H-pyrrole nitrogens is 1. The van der Waals surface area contributed by atoms with Gasteiger partial charge in [-0.2, -0.15) is 10.4 Å². The number of hydrogen-bond donors (Lipinski definition) is 2. The van der Waals surface area contributed by atoms with Gasteiger partial charge in [0.05, 0.1) is 42.5 Å². The maximum absolute atomic E-state index is 13.3. The molecule has 0 spiro atoms. The molecule has 0 aliphatic heterocycles. The Labute approximate surface area is 163 Å². The molecule has 9 nitrogen and oxygen atoms in total. The predicted octanol–water partition coefficient (Wildman–Crippen LogP) is 3.11. The molecule has 0 bridgehead atoms. The summed E-state index contributed by atoms with van der Waals surface area (Å²) in [4.78, 5) is 22.1. The van der Waals surface area contributed by atoms with Gasteiger partial charge in [0, 0.05) is 5.69 Å². The first-order chi connectivity index (χ1) is 13.5. The van der Waals surface area contributed by atoms with E-state index in [4.69, 9.17) is 21.6 Å². The van der Waals surface area contributed by atoms with Gasteiger partial charge in [-0.3, -0.25) is 10.00 Å². The van der Waals surface area contributed by atoms with E-state index in [1.165, 1.54) is 42.6 Å². The molecule has 0 fully saturated rings. The minimum Gasteiger partial charge on any atom is -0.467 e. The van der Waals surface area contributed by atoms with Gasteiger partial charge in [0.15, 0.2) is 0 Å². The summed E-state index contributed by atoms with van der Waals surface area (Å²) >= 11 is 5.76. The lowest BCUT2D eigenvalue weighted by Gasteiger charge is -2.22. The number of rotatable bonds is 5. The lowest BCUT2D eigenvalue weighted by atomic mass is 10.3. The number of carbonyl (C=O) groups excluding carboxylic acids is 1. The predicted molar refractivity (Wildman–Crippen MR) is 98.5 cm³/mol. The molecule has 0 atom stereocenters. The van der Waals surface area contributed by atoms with Crippen molar-refractivity contribution in [1.29, 1.82) is 5.26 Å². The second kappa shape index (κ2) is 8.32. The third kappa shape index (κ3) is 4.33. The van der Waals surface area contributed by atoms with Gasteiger partial charge in [-0.15, -0.1) is 0 Å². The van der Waals surface area contributed by atoms with Gasteiger partial charge < -0.3 is 10.1 Å². The molecule has 2 amide bonds. The summed E-state index contributed by atoms with van der Waals surface area (Å²) in [5.74, 6) is -0.597. The van der Waals surface area contributed by atoms with E-state index in [0.29, 0.717) is 17.1 Å². The second-order valence-corrected chi connectivity index (χ2v) is 5.87. The molecule has 28 heavy (non-hydrogen) atoms. The van der Waals surface area contributed by atoms with E-state index in [-0.39, 0.29) is 23.3 Å². The zero-order valence-electron chi connectivity index (χ0n) is 14.5. The first-order valence-corrected chi connectivity index (χ1v) is 8.22. The van der Waals surface area contributed by atoms with Crippen LogP contribution in [-0.2, 0) is 6.54 Å². The highest BCUT2D eigenvalue weighted by Gasteiger charge is 2.19.